The summed E-state index contributed by atoms with van der Waals surface area (Å²) in [5.41, 5.74) is -0.137. The molecule has 40 heavy (non-hydrogen) atoms. The van der Waals surface area contributed by atoms with E-state index in [1.54, 1.807) is 9.80 Å². The normalized spacial score (nSPS) is 18.8. The maximum atomic E-state index is 16.3. The van der Waals surface area contributed by atoms with E-state index in [0.29, 0.717) is 50.3 Å². The summed E-state index contributed by atoms with van der Waals surface area (Å²) in [5, 5.41) is 1.15. The van der Waals surface area contributed by atoms with Crippen molar-refractivity contribution in [3.8, 4) is 11.1 Å². The van der Waals surface area contributed by atoms with Crippen LogP contribution in [0.15, 0.2) is 36.3 Å². The van der Waals surface area contributed by atoms with Gasteiger partial charge in [-0.15, -0.1) is 0 Å². The summed E-state index contributed by atoms with van der Waals surface area (Å²) in [7, 11) is -3.65. The summed E-state index contributed by atoms with van der Waals surface area (Å²) in [6.07, 6.45) is 0.473. The van der Waals surface area contributed by atoms with Crippen molar-refractivity contribution in [1.82, 2.24) is 19.6 Å². The molecule has 10 nitrogen and oxygen atoms in total. The fourth-order valence-corrected chi connectivity index (χ4v) is 6.42. The Hall–Kier alpha value is -3.97. The number of hydrogen-bond donors (Lipinski definition) is 1. The number of aromatic nitrogens is 2. The van der Waals surface area contributed by atoms with Gasteiger partial charge in [-0.2, -0.15) is 4.98 Å². The van der Waals surface area contributed by atoms with Gasteiger partial charge in [0.1, 0.15) is 17.2 Å². The number of anilines is 2. The minimum Gasteiger partial charge on any atom is -0.352 e. The van der Waals surface area contributed by atoms with Gasteiger partial charge >= 0.3 is 0 Å². The predicted molar refractivity (Wildman–Crippen MR) is 146 cm³/mol. The van der Waals surface area contributed by atoms with Gasteiger partial charge in [-0.05, 0) is 18.6 Å². The average molecular weight is 569 g/mol. The number of ketones is 1. The second-order valence-electron chi connectivity index (χ2n) is 10.1. The molecule has 13 heteroatoms. The molecule has 0 radical (unpaired) electrons. The van der Waals surface area contributed by atoms with Gasteiger partial charge in [-0.3, -0.25) is 9.59 Å². The van der Waals surface area contributed by atoms with Gasteiger partial charge in [-0.1, -0.05) is 18.7 Å². The van der Waals surface area contributed by atoms with Gasteiger partial charge in [0.25, 0.3) is 0 Å². The van der Waals surface area contributed by atoms with Gasteiger partial charge in [0.15, 0.2) is 11.6 Å². The van der Waals surface area contributed by atoms with E-state index >= 15 is 4.39 Å². The van der Waals surface area contributed by atoms with E-state index < -0.39 is 33.5 Å². The van der Waals surface area contributed by atoms with Crippen LogP contribution in [0, 0.1) is 11.6 Å². The van der Waals surface area contributed by atoms with Crippen LogP contribution >= 0.6 is 0 Å². The Labute approximate surface area is 229 Å². The van der Waals surface area contributed by atoms with Crippen LogP contribution in [0.2, 0.25) is 0 Å². The standard InChI is InChI=1S/C27H26F2N6O4S/c1-3-40(38,39)32-16-7-8-35(14-16)27-30-24-19(26(31-27)34-11-9-33(10-12-34)15(2)36)13-18-22(23(24)29)21-17(25(18)37)5-4-6-20(21)28/h3-6,13,16,32H,1,7-12,14H2,2H3. The maximum absolute atomic E-state index is 16.3. The van der Waals surface area contributed by atoms with Crippen LogP contribution in [-0.2, 0) is 14.8 Å². The molecule has 0 bridgehead atoms. The number of amides is 1. The zero-order chi connectivity index (χ0) is 28.3. The summed E-state index contributed by atoms with van der Waals surface area (Å²) >= 11 is 0. The van der Waals surface area contributed by atoms with E-state index in [1.165, 1.54) is 31.2 Å². The average Bonchev–Trinajstić information content (AvgIpc) is 3.51. The number of nitrogens with zero attached hydrogens (tertiary/aromatic N) is 5. The van der Waals surface area contributed by atoms with Crippen molar-refractivity contribution in [3.05, 3.63) is 59.0 Å². The summed E-state index contributed by atoms with van der Waals surface area (Å²) in [6.45, 7) is 7.21. The highest BCUT2D eigenvalue weighted by molar-refractivity contribution is 7.92. The number of halogens is 2. The first-order chi connectivity index (χ1) is 19.1. The van der Waals surface area contributed by atoms with E-state index in [4.69, 9.17) is 4.98 Å². The van der Waals surface area contributed by atoms with Crippen molar-refractivity contribution < 1.29 is 26.8 Å². The van der Waals surface area contributed by atoms with Crippen molar-refractivity contribution >= 4 is 44.4 Å². The molecule has 208 valence electrons. The molecule has 2 aromatic carbocycles. The van der Waals surface area contributed by atoms with E-state index in [-0.39, 0.29) is 46.2 Å². The van der Waals surface area contributed by atoms with Crippen LogP contribution in [0.4, 0.5) is 20.5 Å². The third kappa shape index (κ3) is 4.29. The number of nitrogens with one attached hydrogen (secondary N) is 1. The molecule has 3 heterocycles. The minimum atomic E-state index is -3.65. The summed E-state index contributed by atoms with van der Waals surface area (Å²) in [4.78, 5) is 39.8. The molecule has 6 rings (SSSR count). The lowest BCUT2D eigenvalue weighted by Gasteiger charge is -2.35. The highest BCUT2D eigenvalue weighted by Crippen LogP contribution is 2.44. The van der Waals surface area contributed by atoms with E-state index in [9.17, 15) is 22.4 Å². The molecule has 1 atom stereocenters. The number of carbonyl (C=O) groups is 2. The molecule has 1 amide bonds. The first-order valence-electron chi connectivity index (χ1n) is 12.9. The maximum Gasteiger partial charge on any atom is 0.233 e. The molecule has 1 aliphatic carbocycles. The van der Waals surface area contributed by atoms with Crippen molar-refractivity contribution in [1.29, 1.82) is 0 Å². The van der Waals surface area contributed by atoms with Crippen molar-refractivity contribution in [2.24, 2.45) is 0 Å². The van der Waals surface area contributed by atoms with Crippen LogP contribution in [-0.4, -0.2) is 80.3 Å². The highest BCUT2D eigenvalue weighted by Gasteiger charge is 2.36. The SMILES string of the molecule is C=CS(=O)(=O)NC1CCN(c2nc(N3CCN(C(C)=O)CC3)c3cc4c(c(F)c3n2)-c2c(F)cccc2C4=O)C1. The molecule has 1 unspecified atom stereocenters. The number of carbonyl (C=O) groups excluding carboxylic acids is 2. The molecule has 2 saturated heterocycles. The van der Waals surface area contributed by atoms with Crippen LogP contribution in [0.25, 0.3) is 22.0 Å². The molecule has 2 aliphatic heterocycles. The molecule has 3 aliphatic rings. The summed E-state index contributed by atoms with van der Waals surface area (Å²) in [5.74, 6) is -1.46. The lowest BCUT2D eigenvalue weighted by atomic mass is 10.0. The number of sulfonamides is 1. The quantitative estimate of drug-likeness (QED) is 0.391. The van der Waals surface area contributed by atoms with Crippen LogP contribution in [0.5, 0.6) is 0 Å². The Morgan fingerprint density at radius 1 is 1.07 bits per heavy atom. The Morgan fingerprint density at radius 2 is 1.82 bits per heavy atom. The second kappa shape index (κ2) is 9.59. The predicted octanol–water partition coefficient (Wildman–Crippen LogP) is 2.43. The lowest BCUT2D eigenvalue weighted by molar-refractivity contribution is -0.129. The van der Waals surface area contributed by atoms with Gasteiger partial charge < -0.3 is 14.7 Å². The minimum absolute atomic E-state index is 0.0464. The number of rotatable bonds is 5. The van der Waals surface area contributed by atoms with Crippen LogP contribution < -0.4 is 14.5 Å². The molecule has 2 fully saturated rings. The fourth-order valence-electron chi connectivity index (χ4n) is 5.67. The molecule has 1 N–H and O–H groups in total. The monoisotopic (exact) mass is 568 g/mol. The summed E-state index contributed by atoms with van der Waals surface area (Å²) in [6, 6.07) is 5.17. The number of fused-ring (bicyclic) bond motifs is 4. The summed E-state index contributed by atoms with van der Waals surface area (Å²) < 4.78 is 57.7. The second-order valence-corrected chi connectivity index (χ2v) is 11.8. The molecular formula is C27H26F2N6O4S. The van der Waals surface area contributed by atoms with Crippen molar-refractivity contribution in [2.45, 2.75) is 19.4 Å². The topological polar surface area (TPSA) is 116 Å². The van der Waals surface area contributed by atoms with Crippen molar-refractivity contribution in [3.63, 3.8) is 0 Å². The zero-order valence-electron chi connectivity index (χ0n) is 21.7. The lowest BCUT2D eigenvalue weighted by Crippen LogP contribution is -2.48. The number of piperazine rings is 1. The number of benzene rings is 2. The third-order valence-corrected chi connectivity index (χ3v) is 8.80. The van der Waals surface area contributed by atoms with Gasteiger partial charge in [0.2, 0.25) is 21.9 Å². The molecular weight excluding hydrogens is 542 g/mol. The molecule has 0 saturated carbocycles. The van der Waals surface area contributed by atoms with Crippen LogP contribution in [0.1, 0.15) is 29.3 Å². The van der Waals surface area contributed by atoms with Gasteiger partial charge in [-0.25, -0.2) is 26.9 Å². The van der Waals surface area contributed by atoms with Gasteiger partial charge in [0, 0.05) is 85.3 Å². The Bertz CT molecular complexity index is 1710. The van der Waals surface area contributed by atoms with Crippen LogP contribution in [0.3, 0.4) is 0 Å². The van der Waals surface area contributed by atoms with Crippen molar-refractivity contribution in [2.75, 3.05) is 49.1 Å². The zero-order valence-corrected chi connectivity index (χ0v) is 22.5. The third-order valence-electron chi connectivity index (χ3n) is 7.70. The van der Waals surface area contributed by atoms with E-state index in [0.717, 1.165) is 5.41 Å². The molecule has 1 aromatic heterocycles. The fraction of sp³-hybridized carbons (Fsp3) is 0.333. The number of hydrogen-bond acceptors (Lipinski definition) is 8. The Morgan fingerprint density at radius 3 is 2.52 bits per heavy atom. The highest BCUT2D eigenvalue weighted by atomic mass is 32.2. The van der Waals surface area contributed by atoms with E-state index in [1.807, 2.05) is 4.90 Å². The van der Waals surface area contributed by atoms with E-state index in [2.05, 4.69) is 16.3 Å². The smallest absolute Gasteiger partial charge is 0.233 e. The Kier molecular flexibility index (Phi) is 6.30. The van der Waals surface area contributed by atoms with Gasteiger partial charge in [0.05, 0.1) is 0 Å². The molecule has 0 spiro atoms. The first kappa shape index (κ1) is 26.3. The Balaban J connectivity index is 1.48. The molecule has 3 aromatic rings. The largest absolute Gasteiger partial charge is 0.352 e. The first-order valence-corrected chi connectivity index (χ1v) is 14.4.